The van der Waals surface area contributed by atoms with Crippen LogP contribution in [0.5, 0.6) is 0 Å². The molecule has 1 fully saturated rings. The lowest BCUT2D eigenvalue weighted by Crippen LogP contribution is -2.41. The SMILES string of the molecule is O=C1CN=C(c2ccccc2)C2CCCCCC2N1. The van der Waals surface area contributed by atoms with Gasteiger partial charge in [0.15, 0.2) is 0 Å². The predicted octanol–water partition coefficient (Wildman–Crippen LogP) is 2.55. The third kappa shape index (κ3) is 2.70. The van der Waals surface area contributed by atoms with Gasteiger partial charge in [-0.05, 0) is 18.4 Å². The lowest BCUT2D eigenvalue weighted by atomic mass is 9.86. The lowest BCUT2D eigenvalue weighted by molar-refractivity contribution is -0.120. The second-order valence-corrected chi connectivity index (χ2v) is 5.49. The summed E-state index contributed by atoms with van der Waals surface area (Å²) in [6, 6.07) is 10.6. The van der Waals surface area contributed by atoms with Crippen LogP contribution in [0.4, 0.5) is 0 Å². The van der Waals surface area contributed by atoms with Crippen LogP contribution in [0.3, 0.4) is 0 Å². The van der Waals surface area contributed by atoms with Crippen molar-refractivity contribution in [2.24, 2.45) is 10.9 Å². The van der Waals surface area contributed by atoms with Gasteiger partial charge in [0.05, 0.1) is 0 Å². The summed E-state index contributed by atoms with van der Waals surface area (Å²) in [4.78, 5) is 16.4. The number of rotatable bonds is 1. The van der Waals surface area contributed by atoms with E-state index in [1.54, 1.807) is 0 Å². The molecule has 1 saturated carbocycles. The van der Waals surface area contributed by atoms with Gasteiger partial charge in [-0.15, -0.1) is 0 Å². The van der Waals surface area contributed by atoms with E-state index in [-0.39, 0.29) is 18.5 Å². The van der Waals surface area contributed by atoms with Crippen LogP contribution in [-0.4, -0.2) is 24.2 Å². The Hall–Kier alpha value is -1.64. The molecular weight excluding hydrogens is 236 g/mol. The van der Waals surface area contributed by atoms with Crippen LogP contribution in [-0.2, 0) is 4.79 Å². The molecule has 1 amide bonds. The van der Waals surface area contributed by atoms with Gasteiger partial charge in [-0.25, -0.2) is 0 Å². The van der Waals surface area contributed by atoms with Gasteiger partial charge in [-0.1, -0.05) is 49.6 Å². The van der Waals surface area contributed by atoms with Crippen molar-refractivity contribution < 1.29 is 4.79 Å². The maximum absolute atomic E-state index is 11.8. The van der Waals surface area contributed by atoms with E-state index in [9.17, 15) is 4.79 Å². The maximum atomic E-state index is 11.8. The predicted molar refractivity (Wildman–Crippen MR) is 76.4 cm³/mol. The van der Waals surface area contributed by atoms with Crippen molar-refractivity contribution in [3.05, 3.63) is 35.9 Å². The van der Waals surface area contributed by atoms with E-state index in [1.165, 1.54) is 24.8 Å². The minimum absolute atomic E-state index is 0.0721. The molecule has 1 aromatic carbocycles. The highest BCUT2D eigenvalue weighted by atomic mass is 16.1. The van der Waals surface area contributed by atoms with Crippen LogP contribution < -0.4 is 5.32 Å². The highest BCUT2D eigenvalue weighted by Gasteiger charge is 2.31. The second kappa shape index (κ2) is 5.55. The highest BCUT2D eigenvalue weighted by molar-refractivity contribution is 6.04. The number of hydrogen-bond donors (Lipinski definition) is 1. The van der Waals surface area contributed by atoms with Crippen LogP contribution >= 0.6 is 0 Å². The smallest absolute Gasteiger partial charge is 0.241 e. The monoisotopic (exact) mass is 256 g/mol. The van der Waals surface area contributed by atoms with Crippen LogP contribution in [0.1, 0.15) is 37.7 Å². The van der Waals surface area contributed by atoms with Crippen LogP contribution in [0.15, 0.2) is 35.3 Å². The van der Waals surface area contributed by atoms with Crippen LogP contribution in [0, 0.1) is 5.92 Å². The standard InChI is InChI=1S/C16H20N2O/c19-15-11-17-16(12-7-3-1-4-8-12)13-9-5-2-6-10-14(13)18-15/h1,3-4,7-8,13-14H,2,5-6,9-11H2,(H,18,19). The number of benzene rings is 1. The van der Waals surface area contributed by atoms with Crippen LogP contribution in [0.25, 0.3) is 0 Å². The molecule has 1 heterocycles. The molecular formula is C16H20N2O. The van der Waals surface area contributed by atoms with Crippen molar-refractivity contribution in [3.63, 3.8) is 0 Å². The summed E-state index contributed by atoms with van der Waals surface area (Å²) in [5.74, 6) is 0.458. The molecule has 1 aliphatic heterocycles. The number of carbonyl (C=O) groups excluding carboxylic acids is 1. The van der Waals surface area contributed by atoms with Crippen molar-refractivity contribution >= 4 is 11.6 Å². The molecule has 3 nitrogen and oxygen atoms in total. The zero-order chi connectivity index (χ0) is 13.1. The van der Waals surface area contributed by atoms with Gasteiger partial charge in [0, 0.05) is 17.7 Å². The average molecular weight is 256 g/mol. The molecule has 0 bridgehead atoms. The van der Waals surface area contributed by atoms with Crippen molar-refractivity contribution in [3.8, 4) is 0 Å². The number of carbonyl (C=O) groups is 1. The first-order valence-electron chi connectivity index (χ1n) is 7.24. The summed E-state index contributed by atoms with van der Waals surface area (Å²) >= 11 is 0. The van der Waals surface area contributed by atoms with Gasteiger partial charge in [-0.2, -0.15) is 0 Å². The van der Waals surface area contributed by atoms with E-state index in [4.69, 9.17) is 0 Å². The number of amides is 1. The molecule has 1 aliphatic carbocycles. The third-order valence-electron chi connectivity index (χ3n) is 4.18. The van der Waals surface area contributed by atoms with Crippen LogP contribution in [0.2, 0.25) is 0 Å². The van der Waals surface area contributed by atoms with Gasteiger partial charge in [0.1, 0.15) is 6.54 Å². The topological polar surface area (TPSA) is 41.5 Å². The van der Waals surface area contributed by atoms with E-state index in [0.29, 0.717) is 5.92 Å². The Labute approximate surface area is 114 Å². The molecule has 0 saturated heterocycles. The van der Waals surface area contributed by atoms with Crippen molar-refractivity contribution in [1.82, 2.24) is 5.32 Å². The Balaban J connectivity index is 1.97. The van der Waals surface area contributed by atoms with E-state index in [0.717, 1.165) is 18.6 Å². The Kier molecular flexibility index (Phi) is 3.62. The molecule has 19 heavy (non-hydrogen) atoms. The molecule has 0 radical (unpaired) electrons. The molecule has 2 aliphatic rings. The fourth-order valence-electron chi connectivity index (χ4n) is 3.25. The van der Waals surface area contributed by atoms with E-state index in [1.807, 2.05) is 18.2 Å². The Bertz CT molecular complexity index is 481. The van der Waals surface area contributed by atoms with Gasteiger partial charge in [0.2, 0.25) is 5.91 Å². The minimum atomic E-state index is 0.0721. The van der Waals surface area contributed by atoms with Gasteiger partial charge in [0.25, 0.3) is 0 Å². The third-order valence-corrected chi connectivity index (χ3v) is 4.18. The summed E-state index contributed by atoms with van der Waals surface area (Å²) in [5, 5.41) is 3.17. The van der Waals surface area contributed by atoms with Crippen molar-refractivity contribution in [2.45, 2.75) is 38.1 Å². The van der Waals surface area contributed by atoms with Crippen molar-refractivity contribution in [2.75, 3.05) is 6.54 Å². The molecule has 100 valence electrons. The zero-order valence-corrected chi connectivity index (χ0v) is 11.1. The molecule has 1 aromatic rings. The zero-order valence-electron chi connectivity index (χ0n) is 11.1. The number of fused-ring (bicyclic) bond motifs is 1. The maximum Gasteiger partial charge on any atom is 0.241 e. The second-order valence-electron chi connectivity index (χ2n) is 5.49. The summed E-state index contributed by atoms with van der Waals surface area (Å²) in [6.45, 7) is 0.275. The fraction of sp³-hybridized carbons (Fsp3) is 0.500. The Morgan fingerprint density at radius 2 is 1.84 bits per heavy atom. The summed E-state index contributed by atoms with van der Waals surface area (Å²) in [5.41, 5.74) is 2.31. The first-order chi connectivity index (χ1) is 9.34. The summed E-state index contributed by atoms with van der Waals surface area (Å²) in [6.07, 6.45) is 5.94. The lowest BCUT2D eigenvalue weighted by Gasteiger charge is -2.25. The first kappa shape index (κ1) is 12.4. The normalized spacial score (nSPS) is 27.6. The number of nitrogens with zero attached hydrogens (tertiary/aromatic N) is 1. The average Bonchev–Trinajstić information content (AvgIpc) is 2.73. The number of nitrogens with one attached hydrogen (secondary N) is 1. The van der Waals surface area contributed by atoms with Gasteiger partial charge in [-0.3, -0.25) is 9.79 Å². The Morgan fingerprint density at radius 3 is 2.68 bits per heavy atom. The number of hydrogen-bond acceptors (Lipinski definition) is 2. The quantitative estimate of drug-likeness (QED) is 0.824. The number of aliphatic imine (C=N–C) groups is 1. The molecule has 3 heteroatoms. The molecule has 0 spiro atoms. The van der Waals surface area contributed by atoms with Crippen molar-refractivity contribution in [1.29, 1.82) is 0 Å². The summed E-state index contributed by atoms with van der Waals surface area (Å²) in [7, 11) is 0. The van der Waals surface area contributed by atoms with Gasteiger partial charge < -0.3 is 5.32 Å². The molecule has 1 N–H and O–H groups in total. The molecule has 3 rings (SSSR count). The first-order valence-corrected chi connectivity index (χ1v) is 7.24. The largest absolute Gasteiger partial charge is 0.351 e. The van der Waals surface area contributed by atoms with Gasteiger partial charge >= 0.3 is 0 Å². The van der Waals surface area contributed by atoms with E-state index in [2.05, 4.69) is 22.4 Å². The molecule has 0 aromatic heterocycles. The van der Waals surface area contributed by atoms with E-state index < -0.39 is 0 Å². The summed E-state index contributed by atoms with van der Waals surface area (Å²) < 4.78 is 0. The molecule has 2 unspecified atom stereocenters. The minimum Gasteiger partial charge on any atom is -0.351 e. The Morgan fingerprint density at radius 1 is 1.05 bits per heavy atom. The highest BCUT2D eigenvalue weighted by Crippen LogP contribution is 2.28. The fourth-order valence-corrected chi connectivity index (χ4v) is 3.25. The molecule has 2 atom stereocenters. The van der Waals surface area contributed by atoms with E-state index >= 15 is 0 Å².